The van der Waals surface area contributed by atoms with E-state index in [9.17, 15) is 18.9 Å². The van der Waals surface area contributed by atoms with Gasteiger partial charge in [-0.05, 0) is 93.6 Å². The van der Waals surface area contributed by atoms with Crippen LogP contribution in [0.4, 0.5) is 20.6 Å². The van der Waals surface area contributed by atoms with Gasteiger partial charge in [0.05, 0.1) is 38.8 Å². The van der Waals surface area contributed by atoms with Crippen LogP contribution >= 0.6 is 11.6 Å². The van der Waals surface area contributed by atoms with Crippen LogP contribution in [0.5, 0.6) is 0 Å². The molecule has 12 heteroatoms. The van der Waals surface area contributed by atoms with Crippen molar-refractivity contribution in [1.29, 1.82) is 0 Å². The number of hydrogen-bond donors (Lipinski definition) is 4. The minimum absolute atomic E-state index is 0.00738. The molecule has 2 aromatic carbocycles. The number of halogens is 2. The first kappa shape index (κ1) is 33.0. The first-order chi connectivity index (χ1) is 21.4. The number of benzene rings is 2. The normalized spacial score (nSPS) is 20.4. The van der Waals surface area contributed by atoms with Crippen LogP contribution < -0.4 is 15.4 Å². The lowest BCUT2D eigenvalue weighted by atomic mass is 9.82. The third kappa shape index (κ3) is 7.89. The number of amides is 3. The molecule has 1 aliphatic carbocycles. The van der Waals surface area contributed by atoms with Crippen LogP contribution in [0.2, 0.25) is 5.02 Å². The average molecular weight is 656 g/mol. The summed E-state index contributed by atoms with van der Waals surface area (Å²) in [6, 6.07) is 14.8. The summed E-state index contributed by atoms with van der Waals surface area (Å²) in [5, 5.41) is 16.3. The third-order valence-corrected chi connectivity index (χ3v) is 10.1. The quantitative estimate of drug-likeness (QED) is 0.214. The first-order valence-corrected chi connectivity index (χ1v) is 16.6. The molecule has 0 spiro atoms. The number of β-amino-alcohol motifs (C(OH)–C–C–N with tert-alkyl or cyclic N) is 1. The Labute approximate surface area is 270 Å². The fourth-order valence-electron chi connectivity index (χ4n) is 5.45. The predicted molar refractivity (Wildman–Crippen MR) is 175 cm³/mol. The van der Waals surface area contributed by atoms with Gasteiger partial charge in [0.25, 0.3) is 0 Å². The van der Waals surface area contributed by atoms with Gasteiger partial charge in [0, 0.05) is 29.9 Å². The van der Waals surface area contributed by atoms with Gasteiger partial charge in [0.1, 0.15) is 11.9 Å². The van der Waals surface area contributed by atoms with Crippen LogP contribution in [-0.2, 0) is 21.3 Å². The monoisotopic (exact) mass is 655 g/mol. The van der Waals surface area contributed by atoms with E-state index in [1.807, 2.05) is 32.9 Å². The highest BCUT2D eigenvalue weighted by molar-refractivity contribution is 7.84. The zero-order valence-corrected chi connectivity index (χ0v) is 27.1. The molecule has 3 aromatic rings. The topological polar surface area (TPSA) is 124 Å². The molecule has 1 aromatic heterocycles. The number of aliphatic hydroxyl groups is 1. The molecule has 0 bridgehead atoms. The number of aromatic nitrogens is 1. The van der Waals surface area contributed by atoms with E-state index in [0.717, 1.165) is 19.3 Å². The van der Waals surface area contributed by atoms with Gasteiger partial charge >= 0.3 is 6.03 Å². The van der Waals surface area contributed by atoms with Crippen molar-refractivity contribution in [2.75, 3.05) is 17.2 Å². The van der Waals surface area contributed by atoms with Crippen molar-refractivity contribution in [3.8, 4) is 0 Å². The van der Waals surface area contributed by atoms with E-state index in [2.05, 4.69) is 20.3 Å². The van der Waals surface area contributed by atoms with E-state index >= 15 is 4.39 Å². The van der Waals surface area contributed by atoms with Gasteiger partial charge in [-0.1, -0.05) is 36.6 Å². The molecule has 4 N–H and O–H groups in total. The van der Waals surface area contributed by atoms with E-state index in [0.29, 0.717) is 34.3 Å². The number of nitrogens with one attached hydrogen (secondary N) is 3. The van der Waals surface area contributed by atoms with Gasteiger partial charge in [-0.3, -0.25) is 9.78 Å². The molecular formula is C33H39ClFN5O4S. The Morgan fingerprint density at radius 2 is 1.82 bits per heavy atom. The van der Waals surface area contributed by atoms with Gasteiger partial charge in [0.2, 0.25) is 5.91 Å². The molecule has 240 valence electrons. The van der Waals surface area contributed by atoms with E-state index in [1.165, 1.54) is 11.0 Å². The molecule has 1 saturated heterocycles. The minimum atomic E-state index is -1.52. The number of likely N-dealkylation sites (tertiary alicyclic amines) is 1. The number of aliphatic hydroxyl groups excluding tert-OH is 1. The summed E-state index contributed by atoms with van der Waals surface area (Å²) in [5.41, 5.74) is 0.576. The molecule has 9 nitrogen and oxygen atoms in total. The molecule has 4 atom stereocenters. The van der Waals surface area contributed by atoms with Crippen LogP contribution in [0.25, 0.3) is 0 Å². The van der Waals surface area contributed by atoms with Crippen molar-refractivity contribution in [1.82, 2.24) is 14.6 Å². The molecule has 1 aliphatic heterocycles. The summed E-state index contributed by atoms with van der Waals surface area (Å²) < 4.78 is 31.8. The van der Waals surface area contributed by atoms with Crippen molar-refractivity contribution >= 4 is 45.9 Å². The van der Waals surface area contributed by atoms with Crippen molar-refractivity contribution in [2.24, 2.45) is 5.92 Å². The zero-order valence-electron chi connectivity index (χ0n) is 25.6. The zero-order chi connectivity index (χ0) is 32.4. The lowest BCUT2D eigenvalue weighted by Gasteiger charge is -2.37. The van der Waals surface area contributed by atoms with Crippen LogP contribution in [0.15, 0.2) is 66.9 Å². The molecule has 5 rings (SSSR count). The molecule has 45 heavy (non-hydrogen) atoms. The lowest BCUT2D eigenvalue weighted by Crippen LogP contribution is -2.49. The number of carbonyl (C=O) groups excluding carboxylic acids is 2. The summed E-state index contributed by atoms with van der Waals surface area (Å²) in [6.07, 6.45) is 4.40. The van der Waals surface area contributed by atoms with Crippen molar-refractivity contribution in [3.63, 3.8) is 0 Å². The predicted octanol–water partition coefficient (Wildman–Crippen LogP) is 5.97. The molecule has 3 unspecified atom stereocenters. The Kier molecular flexibility index (Phi) is 9.93. The highest BCUT2D eigenvalue weighted by atomic mass is 35.5. The Hall–Kier alpha value is -3.38. The molecule has 1 saturated carbocycles. The van der Waals surface area contributed by atoms with Crippen molar-refractivity contribution in [2.45, 2.75) is 75.3 Å². The van der Waals surface area contributed by atoms with Crippen LogP contribution in [0.1, 0.15) is 64.1 Å². The summed E-state index contributed by atoms with van der Waals surface area (Å²) in [4.78, 5) is 32.6. The van der Waals surface area contributed by atoms with Gasteiger partial charge in [-0.25, -0.2) is 18.1 Å². The van der Waals surface area contributed by atoms with Crippen LogP contribution in [-0.4, -0.2) is 54.6 Å². The smallest absolute Gasteiger partial charge is 0.322 e. The Balaban J connectivity index is 1.45. The second-order valence-corrected chi connectivity index (χ2v) is 15.2. The standard InChI is InChI=1S/C33H39ClFN5O4S/c1-32(2,3)45(44)39-33(16-15-21-7-8-21,29-6-4-5-17-36-29)22-9-14-26(35)27(18-22)38-30(42)28-19-25(41)20-40(28)31(43)37-24-12-10-23(34)11-13-24/h4-6,9-14,17-18,21,25,28,39,41H,7-8,15-16,19-20H2,1-3H3,(H,37,43)(H,38,42)/t25?,28?,33?,45-/m0/s1. The number of urea groups is 1. The average Bonchev–Trinajstić information content (AvgIpc) is 3.75. The number of nitrogens with zero attached hydrogens (tertiary/aromatic N) is 2. The molecule has 2 heterocycles. The molecule has 0 radical (unpaired) electrons. The van der Waals surface area contributed by atoms with Gasteiger partial charge in [0.15, 0.2) is 0 Å². The summed E-state index contributed by atoms with van der Waals surface area (Å²) in [7, 11) is -1.52. The second-order valence-electron chi connectivity index (χ2n) is 12.8. The maximum absolute atomic E-state index is 15.4. The molecule has 3 amide bonds. The highest BCUT2D eigenvalue weighted by Crippen LogP contribution is 2.42. The number of rotatable bonds is 10. The second kappa shape index (κ2) is 13.5. The van der Waals surface area contributed by atoms with E-state index in [4.69, 9.17) is 11.6 Å². The Bertz CT molecular complexity index is 1550. The van der Waals surface area contributed by atoms with Gasteiger partial charge in [-0.15, -0.1) is 0 Å². The first-order valence-electron chi connectivity index (χ1n) is 15.1. The highest BCUT2D eigenvalue weighted by Gasteiger charge is 2.42. The lowest BCUT2D eigenvalue weighted by molar-refractivity contribution is -0.119. The maximum Gasteiger partial charge on any atom is 0.322 e. The van der Waals surface area contributed by atoms with Crippen molar-refractivity contribution < 1.29 is 23.3 Å². The number of anilines is 2. The van der Waals surface area contributed by atoms with E-state index in [-0.39, 0.29) is 18.7 Å². The van der Waals surface area contributed by atoms with Gasteiger partial charge in [-0.2, -0.15) is 0 Å². The Morgan fingerprint density at radius 3 is 2.47 bits per heavy atom. The van der Waals surface area contributed by atoms with E-state index < -0.39 is 51.2 Å². The third-order valence-electron chi connectivity index (χ3n) is 8.20. The summed E-state index contributed by atoms with van der Waals surface area (Å²) in [6.45, 7) is 5.57. The fourth-order valence-corrected chi connectivity index (χ4v) is 6.53. The number of carbonyl (C=O) groups is 2. The van der Waals surface area contributed by atoms with Crippen LogP contribution in [0.3, 0.4) is 0 Å². The molecule has 2 aliphatic rings. The molecular weight excluding hydrogens is 617 g/mol. The largest absolute Gasteiger partial charge is 0.391 e. The maximum atomic E-state index is 15.4. The van der Waals surface area contributed by atoms with Crippen molar-refractivity contribution in [3.05, 3.63) is 89.0 Å². The molecule has 2 fully saturated rings. The van der Waals surface area contributed by atoms with E-state index in [1.54, 1.807) is 48.7 Å². The number of pyridine rings is 1. The summed E-state index contributed by atoms with van der Waals surface area (Å²) in [5.74, 6) is -0.755. The Morgan fingerprint density at radius 1 is 1.09 bits per heavy atom. The SMILES string of the molecule is CC(C)(C)[S@](=O)NC(CCC1CC1)(c1ccc(F)c(NC(=O)C2CC(O)CN2C(=O)Nc2ccc(Cl)cc2)c1)c1ccccn1. The fraction of sp³-hybridized carbons (Fsp3) is 0.424. The van der Waals surface area contributed by atoms with Gasteiger partial charge < -0.3 is 20.6 Å². The minimum Gasteiger partial charge on any atom is -0.391 e. The van der Waals surface area contributed by atoms with Crippen LogP contribution in [0, 0.1) is 11.7 Å². The number of hydrogen-bond acceptors (Lipinski definition) is 5. The summed E-state index contributed by atoms with van der Waals surface area (Å²) >= 11 is 5.94.